The Balaban J connectivity index is 2.40. The number of nitrogens with one attached hydrogen (secondary N) is 5. The number of cyclic esters (lactones) is 1. The molecule has 43 heavy (non-hydrogen) atoms. The average molecular weight is 604 g/mol. The molecule has 6 N–H and O–H groups in total. The third kappa shape index (κ3) is 11.9. The maximum absolute atomic E-state index is 13.3. The SMILES string of the molecule is CC(C)C[C@@H]1OC(=O)[C@@H](CC(C)C)NC(=O)CNC(=O)[C@H](Cc2ccc(O)cc2)NC(=O)[C@H](C(C)C)NC(=O)CNC1=O. The van der Waals surface area contributed by atoms with Crippen molar-refractivity contribution in [2.45, 2.75) is 85.0 Å². The van der Waals surface area contributed by atoms with Crippen molar-refractivity contribution in [3.63, 3.8) is 0 Å². The molecule has 1 aromatic rings. The third-order valence-electron chi connectivity index (χ3n) is 6.68. The first-order chi connectivity index (χ1) is 20.2. The van der Waals surface area contributed by atoms with Crippen LogP contribution in [-0.2, 0) is 39.9 Å². The highest BCUT2D eigenvalue weighted by atomic mass is 16.5. The number of benzene rings is 1. The second kappa shape index (κ2) is 16.5. The van der Waals surface area contributed by atoms with Gasteiger partial charge in [0.25, 0.3) is 5.91 Å². The molecule has 0 radical (unpaired) electrons. The Morgan fingerprint density at radius 2 is 1.28 bits per heavy atom. The Kier molecular flexibility index (Phi) is 13.4. The minimum absolute atomic E-state index is 0.0217. The highest BCUT2D eigenvalue weighted by Crippen LogP contribution is 2.14. The van der Waals surface area contributed by atoms with Crippen molar-refractivity contribution in [1.82, 2.24) is 26.6 Å². The fourth-order valence-electron chi connectivity index (χ4n) is 4.46. The van der Waals surface area contributed by atoms with Crippen LogP contribution in [0.25, 0.3) is 0 Å². The van der Waals surface area contributed by atoms with Crippen molar-refractivity contribution in [1.29, 1.82) is 0 Å². The van der Waals surface area contributed by atoms with E-state index in [0.29, 0.717) is 5.56 Å². The molecule has 1 heterocycles. The van der Waals surface area contributed by atoms with Gasteiger partial charge < -0.3 is 36.4 Å². The van der Waals surface area contributed by atoms with Gasteiger partial charge in [0.05, 0.1) is 13.1 Å². The normalized spacial score (nSPS) is 23.5. The van der Waals surface area contributed by atoms with E-state index in [2.05, 4.69) is 26.6 Å². The van der Waals surface area contributed by atoms with Crippen molar-refractivity contribution < 1.29 is 38.6 Å². The molecule has 1 aromatic carbocycles. The van der Waals surface area contributed by atoms with Gasteiger partial charge in [0.15, 0.2) is 6.10 Å². The standard InChI is InChI=1S/C30H45N5O8/c1-16(2)11-22-30(42)43-23(12-17(3)4)28(40)32-15-25(38)35-26(18(5)6)29(41)34-21(27(39)31-14-24(37)33-22)13-19-7-9-20(36)10-8-19/h7-10,16-18,21-23,26,36H,11-15H2,1-6H3,(H,31,39)(H,32,40)(H,33,37)(H,34,41)(H,35,38)/t21-,22+,23-,26-/m0/s1. The summed E-state index contributed by atoms with van der Waals surface area (Å²) in [5.74, 6) is -4.53. The lowest BCUT2D eigenvalue weighted by Gasteiger charge is -2.27. The summed E-state index contributed by atoms with van der Waals surface area (Å²) in [6.45, 7) is 9.83. The van der Waals surface area contributed by atoms with Gasteiger partial charge in [0.1, 0.15) is 23.9 Å². The molecule has 0 aliphatic carbocycles. The fraction of sp³-hybridized carbons (Fsp3) is 0.600. The second-order valence-corrected chi connectivity index (χ2v) is 12.0. The van der Waals surface area contributed by atoms with Crippen LogP contribution < -0.4 is 26.6 Å². The first-order valence-corrected chi connectivity index (χ1v) is 14.6. The number of ether oxygens (including phenoxy) is 1. The van der Waals surface area contributed by atoms with Gasteiger partial charge in [-0.1, -0.05) is 53.7 Å². The number of carbonyl (C=O) groups excluding carboxylic acids is 6. The quantitative estimate of drug-likeness (QED) is 0.240. The van der Waals surface area contributed by atoms with Crippen molar-refractivity contribution in [3.8, 4) is 5.75 Å². The summed E-state index contributed by atoms with van der Waals surface area (Å²) in [5, 5.41) is 22.4. The number of rotatable bonds is 7. The molecular formula is C30H45N5O8. The Hall–Kier alpha value is -4.16. The maximum atomic E-state index is 13.3. The van der Waals surface area contributed by atoms with Crippen LogP contribution >= 0.6 is 0 Å². The molecule has 2 rings (SSSR count). The smallest absolute Gasteiger partial charge is 0.329 e. The topological polar surface area (TPSA) is 192 Å². The molecule has 0 saturated carbocycles. The van der Waals surface area contributed by atoms with E-state index in [1.54, 1.807) is 26.0 Å². The summed E-state index contributed by atoms with van der Waals surface area (Å²) in [4.78, 5) is 78.3. The van der Waals surface area contributed by atoms with Crippen LogP contribution in [0.3, 0.4) is 0 Å². The lowest BCUT2D eigenvalue weighted by molar-refractivity contribution is -0.160. The van der Waals surface area contributed by atoms with Crippen LogP contribution in [0, 0.1) is 17.8 Å². The van der Waals surface area contributed by atoms with Crippen LogP contribution in [0.5, 0.6) is 5.75 Å². The molecule has 0 bridgehead atoms. The minimum Gasteiger partial charge on any atom is -0.508 e. The molecular weight excluding hydrogens is 558 g/mol. The van der Waals surface area contributed by atoms with Crippen molar-refractivity contribution in [3.05, 3.63) is 29.8 Å². The molecule has 0 aromatic heterocycles. The monoisotopic (exact) mass is 603 g/mol. The molecule has 1 aliphatic rings. The molecule has 4 atom stereocenters. The maximum Gasteiger partial charge on any atom is 0.329 e. The molecule has 0 spiro atoms. The Labute approximate surface area is 252 Å². The van der Waals surface area contributed by atoms with Gasteiger partial charge in [-0.25, -0.2) is 4.79 Å². The Bertz CT molecular complexity index is 1150. The molecule has 238 valence electrons. The first kappa shape index (κ1) is 35.0. The average Bonchev–Trinajstić information content (AvgIpc) is 2.92. The van der Waals surface area contributed by atoms with Gasteiger partial charge in [-0.15, -0.1) is 0 Å². The van der Waals surface area contributed by atoms with Crippen molar-refractivity contribution in [2.75, 3.05) is 13.1 Å². The van der Waals surface area contributed by atoms with Crippen LogP contribution in [0.4, 0.5) is 0 Å². The first-order valence-electron chi connectivity index (χ1n) is 14.6. The summed E-state index contributed by atoms with van der Waals surface area (Å²) >= 11 is 0. The predicted molar refractivity (Wildman–Crippen MR) is 157 cm³/mol. The Morgan fingerprint density at radius 1 is 0.721 bits per heavy atom. The van der Waals surface area contributed by atoms with Gasteiger partial charge in [-0.3, -0.25) is 24.0 Å². The highest BCUT2D eigenvalue weighted by Gasteiger charge is 2.32. The minimum atomic E-state index is -1.21. The number of phenols is 1. The van der Waals surface area contributed by atoms with Gasteiger partial charge in [-0.05, 0) is 48.3 Å². The van der Waals surface area contributed by atoms with Gasteiger partial charge >= 0.3 is 5.97 Å². The molecule has 1 aliphatic heterocycles. The number of amides is 5. The van der Waals surface area contributed by atoms with E-state index in [-0.39, 0.29) is 42.8 Å². The largest absolute Gasteiger partial charge is 0.508 e. The molecule has 13 nitrogen and oxygen atoms in total. The highest BCUT2D eigenvalue weighted by molar-refractivity contribution is 5.95. The molecule has 13 heteroatoms. The number of hydrogen-bond donors (Lipinski definition) is 6. The van der Waals surface area contributed by atoms with E-state index < -0.39 is 72.8 Å². The van der Waals surface area contributed by atoms with Crippen molar-refractivity contribution in [2.24, 2.45) is 17.8 Å². The number of hydrogen-bond acceptors (Lipinski definition) is 8. The zero-order chi connectivity index (χ0) is 32.3. The lowest BCUT2D eigenvalue weighted by atomic mass is 10.0. The zero-order valence-electron chi connectivity index (χ0n) is 25.7. The summed E-state index contributed by atoms with van der Waals surface area (Å²) in [7, 11) is 0. The van der Waals surface area contributed by atoms with Crippen LogP contribution in [-0.4, -0.2) is 77.9 Å². The Morgan fingerprint density at radius 3 is 1.84 bits per heavy atom. The van der Waals surface area contributed by atoms with E-state index >= 15 is 0 Å². The van der Waals surface area contributed by atoms with E-state index in [1.807, 2.05) is 27.7 Å². The van der Waals surface area contributed by atoms with E-state index in [1.165, 1.54) is 12.1 Å². The van der Waals surface area contributed by atoms with Gasteiger partial charge in [0, 0.05) is 6.42 Å². The van der Waals surface area contributed by atoms with Crippen molar-refractivity contribution >= 4 is 35.5 Å². The van der Waals surface area contributed by atoms with E-state index in [4.69, 9.17) is 4.74 Å². The van der Waals surface area contributed by atoms with Crippen LogP contribution in [0.1, 0.15) is 59.9 Å². The lowest BCUT2D eigenvalue weighted by Crippen LogP contribution is -2.58. The fourth-order valence-corrected chi connectivity index (χ4v) is 4.46. The van der Waals surface area contributed by atoms with Gasteiger partial charge in [-0.2, -0.15) is 0 Å². The van der Waals surface area contributed by atoms with Crippen LogP contribution in [0.15, 0.2) is 24.3 Å². The molecule has 5 amide bonds. The summed E-state index contributed by atoms with van der Waals surface area (Å²) < 4.78 is 5.54. The second-order valence-electron chi connectivity index (χ2n) is 12.0. The number of carbonyl (C=O) groups is 6. The molecule has 1 fully saturated rings. The molecule has 1 saturated heterocycles. The number of aromatic hydroxyl groups is 1. The van der Waals surface area contributed by atoms with Gasteiger partial charge in [0.2, 0.25) is 23.6 Å². The molecule has 0 unspecified atom stereocenters. The van der Waals surface area contributed by atoms with E-state index in [0.717, 1.165) is 0 Å². The zero-order valence-corrected chi connectivity index (χ0v) is 25.7. The summed E-state index contributed by atoms with van der Waals surface area (Å²) in [6.07, 6.45) is -0.798. The van der Waals surface area contributed by atoms with E-state index in [9.17, 15) is 33.9 Å². The number of esters is 1. The summed E-state index contributed by atoms with van der Waals surface area (Å²) in [6, 6.07) is 2.77. The van der Waals surface area contributed by atoms with Crippen LogP contribution in [0.2, 0.25) is 0 Å². The predicted octanol–water partition coefficient (Wildman–Crippen LogP) is 0.295. The summed E-state index contributed by atoms with van der Waals surface area (Å²) in [5.41, 5.74) is 0.619. The number of phenolic OH excluding ortho intramolecular Hbond substituents is 1. The third-order valence-corrected chi connectivity index (χ3v) is 6.68.